The number of anilines is 2. The number of aromatic nitrogens is 1. The topological polar surface area (TPSA) is 87.0 Å². The van der Waals surface area contributed by atoms with E-state index in [1.54, 1.807) is 43.5 Å². The molecule has 0 spiro atoms. The second-order valence-electron chi connectivity index (χ2n) is 6.03. The molecule has 0 saturated heterocycles. The summed E-state index contributed by atoms with van der Waals surface area (Å²) < 4.78 is 5.35. The first-order valence-electron chi connectivity index (χ1n) is 8.83. The summed E-state index contributed by atoms with van der Waals surface area (Å²) in [5, 5.41) is 15.1. The highest BCUT2D eigenvalue weighted by Crippen LogP contribution is 2.18. The van der Waals surface area contributed by atoms with Crippen molar-refractivity contribution in [3.05, 3.63) is 83.6 Å². The second kappa shape index (κ2) is 9.19. The molecule has 28 heavy (non-hydrogen) atoms. The number of nitrogens with zero attached hydrogens (tertiary/aromatic N) is 2. The van der Waals surface area contributed by atoms with Gasteiger partial charge in [0.25, 0.3) is 5.91 Å². The van der Waals surface area contributed by atoms with Gasteiger partial charge < -0.3 is 15.4 Å². The minimum Gasteiger partial charge on any atom is -0.496 e. The zero-order chi connectivity index (χ0) is 19.8. The number of carbonyl (C=O) groups excluding carboxylic acids is 1. The Labute approximate surface area is 163 Å². The molecule has 0 fully saturated rings. The molecule has 2 N–H and O–H groups in total. The van der Waals surface area contributed by atoms with Gasteiger partial charge in [-0.1, -0.05) is 30.3 Å². The third kappa shape index (κ3) is 4.65. The predicted octanol–water partition coefficient (Wildman–Crippen LogP) is 3.87. The minimum absolute atomic E-state index is 0.309. The van der Waals surface area contributed by atoms with Crippen LogP contribution in [0, 0.1) is 11.3 Å². The van der Waals surface area contributed by atoms with Crippen molar-refractivity contribution < 1.29 is 9.53 Å². The van der Waals surface area contributed by atoms with Crippen molar-refractivity contribution in [2.45, 2.75) is 6.42 Å². The lowest BCUT2D eigenvalue weighted by atomic mass is 10.1. The number of nitrogens with one attached hydrogen (secondary N) is 2. The summed E-state index contributed by atoms with van der Waals surface area (Å²) in [7, 11) is 1.66. The molecular weight excluding hydrogens is 352 g/mol. The summed E-state index contributed by atoms with van der Waals surface area (Å²) in [6.45, 7) is 0.689. The van der Waals surface area contributed by atoms with Gasteiger partial charge in [0.2, 0.25) is 0 Å². The van der Waals surface area contributed by atoms with Crippen LogP contribution in [0.25, 0.3) is 0 Å². The van der Waals surface area contributed by atoms with Crippen LogP contribution in [0.5, 0.6) is 5.75 Å². The highest BCUT2D eigenvalue weighted by molar-refractivity contribution is 6.04. The van der Waals surface area contributed by atoms with Crippen LogP contribution in [-0.2, 0) is 6.42 Å². The molecule has 0 bridgehead atoms. The van der Waals surface area contributed by atoms with Gasteiger partial charge in [-0.05, 0) is 42.3 Å². The molecule has 2 aromatic carbocycles. The van der Waals surface area contributed by atoms with Gasteiger partial charge in [0.1, 0.15) is 17.6 Å². The van der Waals surface area contributed by atoms with Crippen LogP contribution in [0.4, 0.5) is 11.5 Å². The van der Waals surface area contributed by atoms with E-state index in [0.29, 0.717) is 29.2 Å². The number of methoxy groups -OCH3 is 1. The molecule has 1 amide bonds. The Balaban J connectivity index is 1.57. The van der Waals surface area contributed by atoms with Gasteiger partial charge in [0, 0.05) is 12.7 Å². The zero-order valence-electron chi connectivity index (χ0n) is 15.5. The zero-order valence-corrected chi connectivity index (χ0v) is 15.5. The first-order chi connectivity index (χ1) is 13.7. The number of hydrogen-bond acceptors (Lipinski definition) is 5. The van der Waals surface area contributed by atoms with Crippen LogP contribution in [0.15, 0.2) is 66.9 Å². The van der Waals surface area contributed by atoms with Crippen LogP contribution in [-0.4, -0.2) is 24.5 Å². The van der Waals surface area contributed by atoms with Crippen LogP contribution in [0.1, 0.15) is 21.5 Å². The van der Waals surface area contributed by atoms with Crippen molar-refractivity contribution >= 4 is 17.4 Å². The van der Waals surface area contributed by atoms with Crippen LogP contribution in [0.3, 0.4) is 0 Å². The molecule has 0 atom stereocenters. The Kier molecular flexibility index (Phi) is 6.21. The van der Waals surface area contributed by atoms with E-state index in [2.05, 4.69) is 21.7 Å². The van der Waals surface area contributed by atoms with Crippen LogP contribution < -0.4 is 15.4 Å². The molecule has 6 nitrogen and oxygen atoms in total. The number of amides is 1. The van der Waals surface area contributed by atoms with Crippen molar-refractivity contribution in [2.24, 2.45) is 0 Å². The Morgan fingerprint density at radius 2 is 1.89 bits per heavy atom. The van der Waals surface area contributed by atoms with Crippen molar-refractivity contribution in [3.63, 3.8) is 0 Å². The number of pyridine rings is 1. The first-order valence-corrected chi connectivity index (χ1v) is 8.83. The molecule has 6 heteroatoms. The lowest BCUT2D eigenvalue weighted by molar-refractivity contribution is 0.102. The van der Waals surface area contributed by atoms with E-state index in [-0.39, 0.29) is 5.91 Å². The maximum atomic E-state index is 12.4. The van der Waals surface area contributed by atoms with E-state index in [1.807, 2.05) is 24.3 Å². The molecule has 0 radical (unpaired) electrons. The van der Waals surface area contributed by atoms with Gasteiger partial charge in [-0.2, -0.15) is 5.26 Å². The Bertz CT molecular complexity index is 994. The van der Waals surface area contributed by atoms with Gasteiger partial charge in [0.15, 0.2) is 0 Å². The molecule has 3 rings (SSSR count). The number of para-hydroxylation sites is 2. The Morgan fingerprint density at radius 3 is 2.64 bits per heavy atom. The van der Waals surface area contributed by atoms with Crippen molar-refractivity contribution in [1.82, 2.24) is 4.98 Å². The van der Waals surface area contributed by atoms with E-state index in [4.69, 9.17) is 10.00 Å². The lowest BCUT2D eigenvalue weighted by Gasteiger charge is -2.10. The molecule has 140 valence electrons. The van der Waals surface area contributed by atoms with Crippen molar-refractivity contribution in [3.8, 4) is 11.8 Å². The fourth-order valence-corrected chi connectivity index (χ4v) is 2.75. The maximum absolute atomic E-state index is 12.4. The molecule has 0 unspecified atom stereocenters. The first kappa shape index (κ1) is 18.9. The number of nitriles is 1. The SMILES string of the molecule is COc1ccccc1CCNc1ccc(C(=O)Nc2ccccc2C#N)cn1. The summed E-state index contributed by atoms with van der Waals surface area (Å²) >= 11 is 0. The number of carbonyl (C=O) groups is 1. The second-order valence-corrected chi connectivity index (χ2v) is 6.03. The summed E-state index contributed by atoms with van der Waals surface area (Å²) in [4.78, 5) is 16.7. The molecule has 3 aromatic rings. The van der Waals surface area contributed by atoms with Crippen LogP contribution in [0.2, 0.25) is 0 Å². The molecule has 0 saturated carbocycles. The lowest BCUT2D eigenvalue weighted by Crippen LogP contribution is -2.13. The molecular formula is C22H20N4O2. The Hall–Kier alpha value is -3.85. The van der Waals surface area contributed by atoms with Crippen molar-refractivity contribution in [1.29, 1.82) is 5.26 Å². The van der Waals surface area contributed by atoms with E-state index in [1.165, 1.54) is 6.20 Å². The summed E-state index contributed by atoms with van der Waals surface area (Å²) in [5.41, 5.74) is 2.43. The fourth-order valence-electron chi connectivity index (χ4n) is 2.75. The molecule has 1 heterocycles. The summed E-state index contributed by atoms with van der Waals surface area (Å²) in [5.74, 6) is 1.24. The highest BCUT2D eigenvalue weighted by Gasteiger charge is 2.09. The van der Waals surface area contributed by atoms with Crippen molar-refractivity contribution in [2.75, 3.05) is 24.3 Å². The molecule has 0 aliphatic heterocycles. The molecule has 0 aliphatic carbocycles. The third-order valence-corrected chi connectivity index (χ3v) is 4.21. The quantitative estimate of drug-likeness (QED) is 0.657. The number of rotatable bonds is 7. The van der Waals surface area contributed by atoms with E-state index in [0.717, 1.165) is 17.7 Å². The fraction of sp³-hybridized carbons (Fsp3) is 0.136. The Morgan fingerprint density at radius 1 is 1.11 bits per heavy atom. The maximum Gasteiger partial charge on any atom is 0.257 e. The predicted molar refractivity (Wildman–Crippen MR) is 109 cm³/mol. The molecule has 0 aliphatic rings. The minimum atomic E-state index is -0.309. The monoisotopic (exact) mass is 372 g/mol. The number of hydrogen-bond donors (Lipinski definition) is 2. The number of ether oxygens (including phenoxy) is 1. The van der Waals surface area contributed by atoms with E-state index < -0.39 is 0 Å². The van der Waals surface area contributed by atoms with Gasteiger partial charge in [0.05, 0.1) is 23.9 Å². The average Bonchev–Trinajstić information content (AvgIpc) is 2.75. The standard InChI is InChI=1S/C22H20N4O2/c1-28-20-9-5-3-6-16(20)12-13-24-21-11-10-18(15-25-21)22(27)26-19-8-4-2-7-17(19)14-23/h2-11,15H,12-13H2,1H3,(H,24,25)(H,26,27). The van der Waals surface area contributed by atoms with Gasteiger partial charge in [-0.15, -0.1) is 0 Å². The average molecular weight is 372 g/mol. The molecule has 1 aromatic heterocycles. The third-order valence-electron chi connectivity index (χ3n) is 4.21. The smallest absolute Gasteiger partial charge is 0.257 e. The summed E-state index contributed by atoms with van der Waals surface area (Å²) in [6, 6.07) is 20.3. The number of benzene rings is 2. The normalized spacial score (nSPS) is 10.0. The van der Waals surface area contributed by atoms with Gasteiger partial charge in [-0.25, -0.2) is 4.98 Å². The van der Waals surface area contributed by atoms with Gasteiger partial charge >= 0.3 is 0 Å². The van der Waals surface area contributed by atoms with Crippen LogP contribution >= 0.6 is 0 Å². The van der Waals surface area contributed by atoms with Gasteiger partial charge in [-0.3, -0.25) is 4.79 Å². The highest BCUT2D eigenvalue weighted by atomic mass is 16.5. The van der Waals surface area contributed by atoms with E-state index >= 15 is 0 Å². The largest absolute Gasteiger partial charge is 0.496 e. The van der Waals surface area contributed by atoms with E-state index in [9.17, 15) is 4.79 Å². The summed E-state index contributed by atoms with van der Waals surface area (Å²) in [6.07, 6.45) is 2.30.